The van der Waals surface area contributed by atoms with Gasteiger partial charge in [0.15, 0.2) is 0 Å². The van der Waals surface area contributed by atoms with Gasteiger partial charge >= 0.3 is 0 Å². The average molecular weight is 571 g/mol. The molecule has 0 aliphatic heterocycles. The Bertz CT molecular complexity index is 1450. The van der Waals surface area contributed by atoms with Gasteiger partial charge in [-0.15, -0.1) is 0 Å². The number of likely N-dealkylation sites (N-methyl/N-ethyl adjacent to an activating group) is 1. The molecule has 1 heterocycles. The highest BCUT2D eigenvalue weighted by atomic mass is 32.2. The Labute approximate surface area is 246 Å². The highest BCUT2D eigenvalue weighted by molar-refractivity contribution is 8.00. The molecule has 0 fully saturated rings. The summed E-state index contributed by atoms with van der Waals surface area (Å²) in [5.41, 5.74) is 6.04. The lowest BCUT2D eigenvalue weighted by Gasteiger charge is -2.33. The minimum absolute atomic E-state index is 0.0361. The fourth-order valence-corrected chi connectivity index (χ4v) is 5.56. The normalized spacial score (nSPS) is 11.8. The van der Waals surface area contributed by atoms with Crippen molar-refractivity contribution in [3.8, 4) is 11.1 Å². The van der Waals surface area contributed by atoms with Crippen molar-refractivity contribution in [1.82, 2.24) is 15.4 Å². The fraction of sp³-hybridized carbons (Fsp3) is 0.303. The molecule has 1 unspecified atom stereocenters. The predicted octanol–water partition coefficient (Wildman–Crippen LogP) is 6.81. The van der Waals surface area contributed by atoms with E-state index in [1.54, 1.807) is 11.9 Å². The van der Waals surface area contributed by atoms with E-state index in [4.69, 9.17) is 4.52 Å². The van der Waals surface area contributed by atoms with Crippen LogP contribution in [-0.4, -0.2) is 35.0 Å². The first-order chi connectivity index (χ1) is 19.8. The first kappa shape index (κ1) is 29.9. The van der Waals surface area contributed by atoms with Crippen LogP contribution >= 0.6 is 11.9 Å². The summed E-state index contributed by atoms with van der Waals surface area (Å²) in [6, 6.07) is 25.8. The summed E-state index contributed by atoms with van der Waals surface area (Å²) in [5, 5.41) is 6.77. The molecule has 0 radical (unpaired) electrons. The van der Waals surface area contributed by atoms with Gasteiger partial charge in [0.05, 0.1) is 5.69 Å². The molecule has 7 nitrogen and oxygen atoms in total. The maximum absolute atomic E-state index is 13.6. The van der Waals surface area contributed by atoms with Crippen molar-refractivity contribution in [2.75, 3.05) is 11.8 Å². The summed E-state index contributed by atoms with van der Waals surface area (Å²) in [4.78, 5) is 29.2. The summed E-state index contributed by atoms with van der Waals surface area (Å²) in [7, 11) is 1.62. The summed E-state index contributed by atoms with van der Waals surface area (Å²) in [5.74, 6) is 0.417. The van der Waals surface area contributed by atoms with Crippen molar-refractivity contribution < 1.29 is 14.1 Å². The molecule has 0 bridgehead atoms. The Morgan fingerprint density at radius 3 is 2.24 bits per heavy atom. The zero-order chi connectivity index (χ0) is 29.4. The van der Waals surface area contributed by atoms with Crippen LogP contribution in [0.2, 0.25) is 0 Å². The van der Waals surface area contributed by atoms with Gasteiger partial charge in [0.2, 0.25) is 17.7 Å². The maximum Gasteiger partial charge on any atom is 0.242 e. The second-order valence-corrected chi connectivity index (χ2v) is 11.3. The van der Waals surface area contributed by atoms with Crippen LogP contribution < -0.4 is 10.0 Å². The molecule has 1 atom stereocenters. The number of nitrogens with zero attached hydrogens (tertiary/aromatic N) is 2. The monoisotopic (exact) mass is 570 g/mol. The van der Waals surface area contributed by atoms with Gasteiger partial charge in [-0.2, -0.15) is 0 Å². The Hall–Kier alpha value is -4.04. The van der Waals surface area contributed by atoms with Crippen molar-refractivity contribution in [2.45, 2.75) is 58.0 Å². The number of carbonyl (C=O) groups is 2. The summed E-state index contributed by atoms with van der Waals surface area (Å²) in [6.45, 7) is 8.20. The van der Waals surface area contributed by atoms with Crippen molar-refractivity contribution >= 4 is 29.6 Å². The van der Waals surface area contributed by atoms with Crippen LogP contribution in [0.1, 0.15) is 42.7 Å². The lowest BCUT2D eigenvalue weighted by Crippen LogP contribution is -2.51. The molecule has 214 valence electrons. The summed E-state index contributed by atoms with van der Waals surface area (Å²) < 4.78 is 8.67. The lowest BCUT2D eigenvalue weighted by molar-refractivity contribution is -0.142. The molecule has 1 aromatic heterocycles. The molecule has 3 aromatic carbocycles. The van der Waals surface area contributed by atoms with Crippen LogP contribution in [-0.2, 0) is 22.6 Å². The number of aromatic nitrogens is 1. The second kappa shape index (κ2) is 14.0. The molecule has 2 N–H and O–H groups in total. The third-order valence-electron chi connectivity index (χ3n) is 7.19. The molecule has 4 rings (SSSR count). The third kappa shape index (κ3) is 7.58. The van der Waals surface area contributed by atoms with Gasteiger partial charge in [0.25, 0.3) is 0 Å². The van der Waals surface area contributed by atoms with Gasteiger partial charge < -0.3 is 14.7 Å². The molecule has 0 saturated heterocycles. The van der Waals surface area contributed by atoms with E-state index in [2.05, 4.69) is 39.5 Å². The number of nitrogens with one attached hydrogen (secondary N) is 2. The molecule has 4 aromatic rings. The van der Waals surface area contributed by atoms with E-state index in [1.807, 2.05) is 82.3 Å². The highest BCUT2D eigenvalue weighted by Crippen LogP contribution is 2.33. The summed E-state index contributed by atoms with van der Waals surface area (Å²) in [6.07, 6.45) is 0.966. The number of aryl methyl sites for hydroxylation is 2. The maximum atomic E-state index is 13.6. The van der Waals surface area contributed by atoms with Crippen LogP contribution in [0.25, 0.3) is 11.1 Å². The van der Waals surface area contributed by atoms with Crippen molar-refractivity contribution in [3.05, 3.63) is 101 Å². The minimum Gasteiger partial charge on any atom is -0.357 e. The van der Waals surface area contributed by atoms with Gasteiger partial charge in [-0.25, -0.2) is 0 Å². The zero-order valence-electron chi connectivity index (χ0n) is 24.3. The zero-order valence-corrected chi connectivity index (χ0v) is 25.1. The molecule has 2 amide bonds. The number of carbonyl (C=O) groups excluding carboxylic acids is 2. The predicted molar refractivity (Wildman–Crippen MR) is 165 cm³/mol. The van der Waals surface area contributed by atoms with Crippen molar-refractivity contribution in [3.63, 3.8) is 0 Å². The summed E-state index contributed by atoms with van der Waals surface area (Å²) >= 11 is 1.48. The number of rotatable bonds is 12. The standard InChI is InChI=1S/C33H38N4O3S/c1-22(2)31(32(39)34-5)37(30(38)20-17-25-11-7-6-8-12-25)21-26-15-18-27(19-16-26)28-13-9-10-14-29(28)41-36-33-23(3)24(4)35-40-33/h6-16,18-19,22,31,36H,17,20-21H2,1-5H3,(H,34,39). The van der Waals surface area contributed by atoms with E-state index < -0.39 is 6.04 Å². The number of amides is 2. The Morgan fingerprint density at radius 2 is 1.61 bits per heavy atom. The van der Waals surface area contributed by atoms with E-state index in [0.717, 1.165) is 38.4 Å². The fourth-order valence-electron chi connectivity index (χ4n) is 4.73. The molecular weight excluding hydrogens is 532 g/mol. The largest absolute Gasteiger partial charge is 0.357 e. The van der Waals surface area contributed by atoms with E-state index >= 15 is 0 Å². The van der Waals surface area contributed by atoms with Crippen LogP contribution in [0.3, 0.4) is 0 Å². The highest BCUT2D eigenvalue weighted by Gasteiger charge is 2.31. The van der Waals surface area contributed by atoms with Crippen LogP contribution in [0, 0.1) is 19.8 Å². The van der Waals surface area contributed by atoms with E-state index in [-0.39, 0.29) is 17.7 Å². The smallest absolute Gasteiger partial charge is 0.242 e. The molecule has 8 heteroatoms. The quantitative estimate of drug-likeness (QED) is 0.182. The Morgan fingerprint density at radius 1 is 0.927 bits per heavy atom. The molecule has 0 aliphatic carbocycles. The van der Waals surface area contributed by atoms with Gasteiger partial charge in [-0.05, 0) is 66.5 Å². The van der Waals surface area contributed by atoms with E-state index in [9.17, 15) is 9.59 Å². The van der Waals surface area contributed by atoms with Gasteiger partial charge in [0.1, 0.15) is 6.04 Å². The first-order valence-corrected chi connectivity index (χ1v) is 14.7. The first-order valence-electron chi connectivity index (χ1n) is 13.9. The number of hydrogen-bond donors (Lipinski definition) is 2. The van der Waals surface area contributed by atoms with Crippen LogP contribution in [0.4, 0.5) is 5.88 Å². The Balaban J connectivity index is 1.53. The Kier molecular flexibility index (Phi) is 10.2. The van der Waals surface area contributed by atoms with Gasteiger partial charge in [-0.3, -0.25) is 14.3 Å². The topological polar surface area (TPSA) is 87.5 Å². The third-order valence-corrected chi connectivity index (χ3v) is 8.05. The van der Waals surface area contributed by atoms with E-state index in [1.165, 1.54) is 11.9 Å². The van der Waals surface area contributed by atoms with Gasteiger partial charge in [0, 0.05) is 30.5 Å². The molecule has 0 aliphatic rings. The second-order valence-electron chi connectivity index (χ2n) is 10.4. The number of hydrogen-bond acceptors (Lipinski definition) is 6. The lowest BCUT2D eigenvalue weighted by atomic mass is 9.98. The molecular formula is C33H38N4O3S. The SMILES string of the molecule is CNC(=O)C(C(C)C)N(Cc1ccc(-c2ccccc2SNc2onc(C)c2C)cc1)C(=O)CCc1ccccc1. The molecule has 0 spiro atoms. The van der Waals surface area contributed by atoms with Crippen LogP contribution in [0.15, 0.2) is 88.3 Å². The van der Waals surface area contributed by atoms with Gasteiger partial charge in [-0.1, -0.05) is 91.8 Å². The van der Waals surface area contributed by atoms with Crippen molar-refractivity contribution in [1.29, 1.82) is 0 Å². The number of benzene rings is 3. The number of anilines is 1. The van der Waals surface area contributed by atoms with E-state index in [0.29, 0.717) is 25.3 Å². The van der Waals surface area contributed by atoms with Crippen LogP contribution in [0.5, 0.6) is 0 Å². The molecule has 0 saturated carbocycles. The molecule has 41 heavy (non-hydrogen) atoms. The van der Waals surface area contributed by atoms with Crippen molar-refractivity contribution in [2.24, 2.45) is 5.92 Å². The average Bonchev–Trinajstić information content (AvgIpc) is 3.31. The minimum atomic E-state index is -0.561.